The molecule has 1 heterocycles. The van der Waals surface area contributed by atoms with Crippen LogP contribution in [0.3, 0.4) is 0 Å². The van der Waals surface area contributed by atoms with Gasteiger partial charge in [-0.1, -0.05) is 145 Å². The van der Waals surface area contributed by atoms with Gasteiger partial charge in [0.2, 0.25) is 0 Å². The first-order valence-corrected chi connectivity index (χ1v) is 13.0. The summed E-state index contributed by atoms with van der Waals surface area (Å²) in [5, 5.41) is -2.98. The zero-order chi connectivity index (χ0) is 47.5. The second kappa shape index (κ2) is 9.44. The lowest BCUT2D eigenvalue weighted by atomic mass is 9.84. The van der Waals surface area contributed by atoms with E-state index >= 15 is 0 Å². The van der Waals surface area contributed by atoms with E-state index in [2.05, 4.69) is 0 Å². The molecular formula is C42H26O. The maximum atomic E-state index is 9.52. The molecule has 9 rings (SSSR count). The molecule has 0 atom stereocenters. The van der Waals surface area contributed by atoms with E-state index in [-0.39, 0.29) is 27.5 Å². The summed E-state index contributed by atoms with van der Waals surface area (Å²) < 4.78 is 203. The second-order valence-electron chi connectivity index (χ2n) is 9.55. The van der Waals surface area contributed by atoms with Crippen molar-refractivity contribution in [2.24, 2.45) is 0 Å². The molecule has 0 unspecified atom stereocenters. The van der Waals surface area contributed by atoms with Crippen molar-refractivity contribution in [2.45, 2.75) is 0 Å². The van der Waals surface area contributed by atoms with Gasteiger partial charge in [-0.25, -0.2) is 0 Å². The molecule has 0 N–H and O–H groups in total. The van der Waals surface area contributed by atoms with Crippen molar-refractivity contribution in [2.75, 3.05) is 0 Å². The quantitative estimate of drug-likeness (QED) is 0.193. The predicted molar refractivity (Wildman–Crippen MR) is 183 cm³/mol. The first kappa shape index (κ1) is 10.9. The van der Waals surface area contributed by atoms with E-state index in [1.807, 2.05) is 0 Å². The van der Waals surface area contributed by atoms with Crippen LogP contribution < -0.4 is 0 Å². The van der Waals surface area contributed by atoms with Crippen LogP contribution >= 0.6 is 0 Å². The topological polar surface area (TPSA) is 13.1 Å². The first-order chi connectivity index (χ1) is 30.5. The molecule has 0 spiro atoms. The number of hydrogen-bond acceptors (Lipinski definition) is 1. The highest BCUT2D eigenvalue weighted by Crippen LogP contribution is 2.47. The predicted octanol–water partition coefficient (Wildman–Crippen LogP) is 12.0. The minimum atomic E-state index is -0.998. The Morgan fingerprint density at radius 3 is 1.70 bits per heavy atom. The van der Waals surface area contributed by atoms with Gasteiger partial charge in [0.25, 0.3) is 0 Å². The average Bonchev–Trinajstić information content (AvgIpc) is 3.67. The molecule has 0 radical (unpaired) electrons. The number of furan rings is 1. The molecule has 1 aromatic heterocycles. The van der Waals surface area contributed by atoms with Gasteiger partial charge in [-0.15, -0.1) is 0 Å². The molecule has 43 heavy (non-hydrogen) atoms. The van der Waals surface area contributed by atoms with E-state index in [4.69, 9.17) is 22.2 Å². The second-order valence-corrected chi connectivity index (χ2v) is 9.55. The molecule has 0 aliphatic carbocycles. The molecule has 0 saturated carbocycles. The van der Waals surface area contributed by atoms with Crippen molar-refractivity contribution in [3.05, 3.63) is 157 Å². The summed E-state index contributed by atoms with van der Waals surface area (Å²) in [7, 11) is 0. The van der Waals surface area contributed by atoms with E-state index < -0.39 is 193 Å². The smallest absolute Gasteiger partial charge is 0.136 e. The summed E-state index contributed by atoms with van der Waals surface area (Å²) in [6.07, 6.45) is 0. The Labute approximate surface area is 280 Å². The number of rotatable bonds is 3. The van der Waals surface area contributed by atoms with Gasteiger partial charge in [0.1, 0.15) is 11.2 Å². The van der Waals surface area contributed by atoms with Crippen LogP contribution in [0.4, 0.5) is 0 Å². The minimum absolute atomic E-state index is 0.000709. The highest BCUT2D eigenvalue weighted by molar-refractivity contribution is 6.25. The molecule has 200 valence electrons. The molecule has 0 fully saturated rings. The largest absolute Gasteiger partial charge is 0.456 e. The maximum Gasteiger partial charge on any atom is 0.136 e. The molecule has 0 aliphatic heterocycles. The van der Waals surface area contributed by atoms with Crippen molar-refractivity contribution < 1.29 is 34.6 Å². The van der Waals surface area contributed by atoms with E-state index in [1.165, 1.54) is 0 Å². The fourth-order valence-corrected chi connectivity index (χ4v) is 5.47. The van der Waals surface area contributed by atoms with Gasteiger partial charge in [-0.2, -0.15) is 0 Å². The van der Waals surface area contributed by atoms with Gasteiger partial charge in [0.05, 0.1) is 30.2 Å². The van der Waals surface area contributed by atoms with Gasteiger partial charge in [0, 0.05) is 10.8 Å². The van der Waals surface area contributed by atoms with Gasteiger partial charge < -0.3 is 4.42 Å². The summed E-state index contributed by atoms with van der Waals surface area (Å²) in [6.45, 7) is 0. The molecule has 1 nitrogen and oxygen atoms in total. The van der Waals surface area contributed by atoms with Crippen molar-refractivity contribution in [1.82, 2.24) is 0 Å². The van der Waals surface area contributed by atoms with E-state index in [9.17, 15) is 12.3 Å². The highest BCUT2D eigenvalue weighted by atomic mass is 16.3. The van der Waals surface area contributed by atoms with Crippen LogP contribution in [-0.4, -0.2) is 0 Å². The number of benzene rings is 8. The Hall–Kier alpha value is -5.66. The summed E-state index contributed by atoms with van der Waals surface area (Å²) in [5.41, 5.74) is -3.50. The Balaban J connectivity index is 1.57. The van der Waals surface area contributed by atoms with E-state index in [0.29, 0.717) is 0 Å². The maximum absolute atomic E-state index is 9.52. The molecule has 0 saturated heterocycles. The van der Waals surface area contributed by atoms with Crippen LogP contribution in [0, 0.1) is 0 Å². The zero-order valence-corrected chi connectivity index (χ0v) is 21.7. The fourth-order valence-electron chi connectivity index (χ4n) is 5.47. The summed E-state index contributed by atoms with van der Waals surface area (Å²) in [5.74, 6) is 0. The van der Waals surface area contributed by atoms with Gasteiger partial charge in [-0.3, -0.25) is 0 Å². The van der Waals surface area contributed by atoms with Crippen LogP contribution in [0.15, 0.2) is 162 Å². The molecule has 1 heteroatoms. The van der Waals surface area contributed by atoms with Gasteiger partial charge in [0.15, 0.2) is 0 Å². The Bertz CT molecular complexity index is 3620. The average molecular weight is 569 g/mol. The lowest BCUT2D eigenvalue weighted by Crippen LogP contribution is -1.91. The fraction of sp³-hybridized carbons (Fsp3) is 0. The number of para-hydroxylation sites is 1. The molecule has 8 aromatic carbocycles. The van der Waals surface area contributed by atoms with Crippen molar-refractivity contribution >= 4 is 54.3 Å². The molecule has 0 amide bonds. The standard InChI is InChI=1S/C42H26O/c1-2-13-30-27(11-1)12-9-19-31(30)28-23-25-29(26-24-28)40-32-14-3-5-16-34(32)41(35-17-6-4-15-33(35)40)37-20-10-22-39-42(37)36-18-7-8-21-38(36)43-39/h1-26H/i1D,2D,3D,4D,5D,6D,9D,10D,11D,12D,13D,14D,15D,16D,17D,19D,20D,22D,23D,24D,25D,26D. The van der Waals surface area contributed by atoms with Crippen molar-refractivity contribution in [1.29, 1.82) is 0 Å². The summed E-state index contributed by atoms with van der Waals surface area (Å²) in [4.78, 5) is 0. The zero-order valence-electron chi connectivity index (χ0n) is 43.7. The number of hydrogen-bond donors (Lipinski definition) is 0. The Morgan fingerprint density at radius 2 is 0.953 bits per heavy atom. The van der Waals surface area contributed by atoms with E-state index in [1.54, 1.807) is 24.3 Å². The van der Waals surface area contributed by atoms with Crippen LogP contribution in [0.5, 0.6) is 0 Å². The Kier molecular flexibility index (Phi) is 2.39. The molecule has 0 aliphatic rings. The van der Waals surface area contributed by atoms with Gasteiger partial charge in [-0.05, 0) is 77.8 Å². The summed E-state index contributed by atoms with van der Waals surface area (Å²) in [6, 6.07) is -12.0. The van der Waals surface area contributed by atoms with Crippen LogP contribution in [0.25, 0.3) is 87.6 Å². The lowest BCUT2D eigenvalue weighted by molar-refractivity contribution is 0.669. The highest BCUT2D eigenvalue weighted by Gasteiger charge is 2.20. The van der Waals surface area contributed by atoms with Crippen LogP contribution in [-0.2, 0) is 0 Å². The van der Waals surface area contributed by atoms with E-state index in [0.717, 1.165) is 0 Å². The van der Waals surface area contributed by atoms with Gasteiger partial charge >= 0.3 is 0 Å². The third-order valence-electron chi connectivity index (χ3n) is 7.27. The van der Waals surface area contributed by atoms with Crippen LogP contribution in [0.2, 0.25) is 0 Å². The first-order valence-electron chi connectivity index (χ1n) is 24.0. The molecule has 9 aromatic rings. The van der Waals surface area contributed by atoms with Crippen LogP contribution in [0.1, 0.15) is 30.2 Å². The van der Waals surface area contributed by atoms with Crippen molar-refractivity contribution in [3.63, 3.8) is 0 Å². The van der Waals surface area contributed by atoms with Crippen molar-refractivity contribution in [3.8, 4) is 33.4 Å². The Morgan fingerprint density at radius 1 is 0.395 bits per heavy atom. The normalized spacial score (nSPS) is 18.9. The molecular weight excluding hydrogens is 520 g/mol. The third kappa shape index (κ3) is 3.65. The number of fused-ring (bicyclic) bond motifs is 6. The molecule has 0 bridgehead atoms. The third-order valence-corrected chi connectivity index (χ3v) is 7.27. The SMILES string of the molecule is [2H]c1c([2H])c(-c2c3c([2H])c([2H])c([2H])c([2H])c3c(-c3c([2H])c([2H])c([2H])c4oc5ccccc5c34)c3c([2H])c([2H])c([2H])c([2H])c23)c([2H])c([2H])c1-c1c([2H])c([2H])c([2H])c2c([2H])c([2H])c([2H])c([2H])c12. The monoisotopic (exact) mass is 568 g/mol. The minimum Gasteiger partial charge on any atom is -0.456 e. The summed E-state index contributed by atoms with van der Waals surface area (Å²) >= 11 is 0. The lowest BCUT2D eigenvalue weighted by Gasteiger charge is -2.18.